The molecule has 3 aromatic rings. The first-order chi connectivity index (χ1) is 20.3. The molecule has 1 aromatic heterocycles. The second kappa shape index (κ2) is 13.0. The molecule has 4 rings (SSSR count). The molecule has 11 heteroatoms. The lowest BCUT2D eigenvalue weighted by Crippen LogP contribution is -2.48. The van der Waals surface area contributed by atoms with E-state index in [0.717, 1.165) is 27.9 Å². The van der Waals surface area contributed by atoms with E-state index in [0.29, 0.717) is 44.0 Å². The zero-order chi connectivity index (χ0) is 31.4. The van der Waals surface area contributed by atoms with Crippen molar-refractivity contribution in [1.29, 1.82) is 0 Å². The first-order valence-corrected chi connectivity index (χ1v) is 14.0. The van der Waals surface area contributed by atoms with Gasteiger partial charge in [0.15, 0.2) is 11.5 Å². The molecule has 43 heavy (non-hydrogen) atoms. The summed E-state index contributed by atoms with van der Waals surface area (Å²) in [6.07, 6.45) is -0.264. The number of benzene rings is 2. The van der Waals surface area contributed by atoms with Crippen LogP contribution in [0.2, 0.25) is 0 Å². The van der Waals surface area contributed by atoms with E-state index in [1.165, 1.54) is 12.1 Å². The zero-order valence-electron chi connectivity index (χ0n) is 25.3. The molecule has 1 aliphatic heterocycles. The quantitative estimate of drug-likeness (QED) is 0.267. The van der Waals surface area contributed by atoms with E-state index in [1.54, 1.807) is 43.6 Å². The molecular formula is C32H38F3N3O5. The lowest BCUT2D eigenvalue weighted by molar-refractivity contribution is -0.274. The molecule has 8 nitrogen and oxygen atoms in total. The molecule has 0 saturated carbocycles. The van der Waals surface area contributed by atoms with Gasteiger partial charge in [0.25, 0.3) is 0 Å². The number of pyridine rings is 1. The number of methoxy groups -OCH3 is 2. The highest BCUT2D eigenvalue weighted by atomic mass is 19.4. The summed E-state index contributed by atoms with van der Waals surface area (Å²) in [6.45, 7) is 8.87. The van der Waals surface area contributed by atoms with Crippen LogP contribution in [0.15, 0.2) is 54.9 Å². The third kappa shape index (κ3) is 8.46. The van der Waals surface area contributed by atoms with Gasteiger partial charge in [0.05, 0.1) is 14.2 Å². The van der Waals surface area contributed by atoms with Crippen molar-refractivity contribution in [3.05, 3.63) is 66.0 Å². The van der Waals surface area contributed by atoms with Gasteiger partial charge in [0.1, 0.15) is 11.4 Å². The number of alkyl halides is 3. The topological polar surface area (TPSA) is 73.4 Å². The van der Waals surface area contributed by atoms with E-state index in [-0.39, 0.29) is 17.9 Å². The van der Waals surface area contributed by atoms with Gasteiger partial charge in [-0.05, 0) is 99.7 Å². The SMILES string of the molecule is COc1cc(-c2cncc(CN(c3ccc(OC(F)(F)F)cc3)C3CCN(C(=O)OC(C)(C)C)CC3)c2)cc(C)c1OC. The first kappa shape index (κ1) is 31.8. The predicted molar refractivity (Wildman–Crippen MR) is 158 cm³/mol. The summed E-state index contributed by atoms with van der Waals surface area (Å²) in [4.78, 5) is 21.0. The fourth-order valence-corrected chi connectivity index (χ4v) is 5.21. The van der Waals surface area contributed by atoms with Crippen LogP contribution in [0.1, 0.15) is 44.7 Å². The highest BCUT2D eigenvalue weighted by Gasteiger charge is 2.32. The number of carbonyl (C=O) groups excluding carboxylic acids is 1. The molecule has 0 bridgehead atoms. The molecule has 0 unspecified atom stereocenters. The van der Waals surface area contributed by atoms with Crippen molar-refractivity contribution in [2.45, 2.75) is 65.1 Å². The minimum Gasteiger partial charge on any atom is -0.493 e. The van der Waals surface area contributed by atoms with Crippen LogP contribution >= 0.6 is 0 Å². The van der Waals surface area contributed by atoms with Crippen molar-refractivity contribution in [2.75, 3.05) is 32.2 Å². The predicted octanol–water partition coefficient (Wildman–Crippen LogP) is 7.38. The van der Waals surface area contributed by atoms with E-state index >= 15 is 0 Å². The monoisotopic (exact) mass is 601 g/mol. The van der Waals surface area contributed by atoms with Crippen LogP contribution in [0.5, 0.6) is 17.2 Å². The number of carbonyl (C=O) groups is 1. The van der Waals surface area contributed by atoms with Crippen LogP contribution in [0, 0.1) is 6.92 Å². The second-order valence-electron chi connectivity index (χ2n) is 11.5. The van der Waals surface area contributed by atoms with Crippen LogP contribution < -0.4 is 19.1 Å². The Balaban J connectivity index is 1.60. The summed E-state index contributed by atoms with van der Waals surface area (Å²) in [5.74, 6) is 0.989. The van der Waals surface area contributed by atoms with Gasteiger partial charge >= 0.3 is 12.5 Å². The number of rotatable bonds is 8. The van der Waals surface area contributed by atoms with Crippen LogP contribution in [-0.4, -0.2) is 61.3 Å². The van der Waals surface area contributed by atoms with Crippen molar-refractivity contribution >= 4 is 11.8 Å². The Morgan fingerprint density at radius 2 is 1.65 bits per heavy atom. The van der Waals surface area contributed by atoms with Gasteiger partial charge in [-0.1, -0.05) is 0 Å². The molecule has 1 amide bonds. The van der Waals surface area contributed by atoms with E-state index in [1.807, 2.05) is 45.9 Å². The molecule has 1 saturated heterocycles. The smallest absolute Gasteiger partial charge is 0.493 e. The van der Waals surface area contributed by atoms with Crippen molar-refractivity contribution in [3.8, 4) is 28.4 Å². The van der Waals surface area contributed by atoms with E-state index in [9.17, 15) is 18.0 Å². The minimum absolute atomic E-state index is 0.0139. The minimum atomic E-state index is -4.77. The van der Waals surface area contributed by atoms with Crippen molar-refractivity contribution in [2.24, 2.45) is 0 Å². The van der Waals surface area contributed by atoms with Crippen LogP contribution in [0.4, 0.5) is 23.7 Å². The number of halogens is 3. The first-order valence-electron chi connectivity index (χ1n) is 14.0. The average Bonchev–Trinajstić information content (AvgIpc) is 2.94. The largest absolute Gasteiger partial charge is 0.573 e. The van der Waals surface area contributed by atoms with Crippen molar-refractivity contribution in [1.82, 2.24) is 9.88 Å². The Labute approximate surface area is 250 Å². The van der Waals surface area contributed by atoms with Crippen LogP contribution in [0.25, 0.3) is 11.1 Å². The molecular weight excluding hydrogens is 563 g/mol. The zero-order valence-corrected chi connectivity index (χ0v) is 25.3. The Morgan fingerprint density at radius 1 is 0.977 bits per heavy atom. The summed E-state index contributed by atoms with van der Waals surface area (Å²) in [5.41, 5.74) is 3.77. The van der Waals surface area contributed by atoms with E-state index < -0.39 is 12.0 Å². The standard InChI is InChI=1S/C32H38F3N3O5/c1-21-15-23(17-28(40-5)29(21)41-6)24-16-22(18-36-19-24)20-38(25-7-9-27(10-8-25)42-32(33,34)35)26-11-13-37(14-12-26)30(39)43-31(2,3)4/h7-10,15-19,26H,11-14,20H2,1-6H3. The van der Waals surface area contributed by atoms with Gasteiger partial charge in [0, 0.05) is 49.3 Å². The van der Waals surface area contributed by atoms with E-state index in [4.69, 9.17) is 14.2 Å². The second-order valence-corrected chi connectivity index (χ2v) is 11.5. The molecule has 0 spiro atoms. The van der Waals surface area contributed by atoms with E-state index in [2.05, 4.69) is 14.6 Å². The fraction of sp³-hybridized carbons (Fsp3) is 0.438. The highest BCUT2D eigenvalue weighted by Crippen LogP contribution is 2.36. The number of hydrogen-bond acceptors (Lipinski definition) is 7. The summed E-state index contributed by atoms with van der Waals surface area (Å²) in [5, 5.41) is 0. The third-order valence-electron chi connectivity index (χ3n) is 7.10. The maximum Gasteiger partial charge on any atom is 0.573 e. The summed E-state index contributed by atoms with van der Waals surface area (Å²) >= 11 is 0. The van der Waals surface area contributed by atoms with Gasteiger partial charge in [-0.3, -0.25) is 4.98 Å². The number of hydrogen-bond donors (Lipinski definition) is 0. The van der Waals surface area contributed by atoms with Crippen LogP contribution in [-0.2, 0) is 11.3 Å². The molecule has 2 aromatic carbocycles. The normalized spacial score (nSPS) is 14.3. The summed E-state index contributed by atoms with van der Waals surface area (Å²) in [7, 11) is 3.19. The summed E-state index contributed by atoms with van der Waals surface area (Å²) in [6, 6.07) is 11.8. The number of likely N-dealkylation sites (tertiary alicyclic amines) is 1. The number of aryl methyl sites for hydroxylation is 1. The molecule has 0 aliphatic carbocycles. The lowest BCUT2D eigenvalue weighted by Gasteiger charge is -2.40. The number of piperidine rings is 1. The molecule has 0 atom stereocenters. The molecule has 1 fully saturated rings. The Bertz CT molecular complexity index is 1400. The van der Waals surface area contributed by atoms with Crippen LogP contribution in [0.3, 0.4) is 0 Å². The Kier molecular flexibility index (Phi) is 9.62. The third-order valence-corrected chi connectivity index (χ3v) is 7.10. The lowest BCUT2D eigenvalue weighted by atomic mass is 10.00. The molecule has 232 valence electrons. The fourth-order valence-electron chi connectivity index (χ4n) is 5.21. The molecule has 2 heterocycles. The van der Waals surface area contributed by atoms with Crippen molar-refractivity contribution < 1.29 is 36.9 Å². The van der Waals surface area contributed by atoms with Gasteiger partial charge < -0.3 is 28.7 Å². The number of amides is 1. The van der Waals surface area contributed by atoms with Gasteiger partial charge in [0.2, 0.25) is 0 Å². The summed E-state index contributed by atoms with van der Waals surface area (Å²) < 4.78 is 59.0. The molecule has 0 radical (unpaired) electrons. The molecule has 0 N–H and O–H groups in total. The number of ether oxygens (including phenoxy) is 4. The van der Waals surface area contributed by atoms with Crippen molar-refractivity contribution in [3.63, 3.8) is 0 Å². The maximum atomic E-state index is 12.8. The highest BCUT2D eigenvalue weighted by molar-refractivity contribution is 5.69. The average molecular weight is 602 g/mol. The Hall–Kier alpha value is -4.15. The Morgan fingerprint density at radius 3 is 2.23 bits per heavy atom. The number of anilines is 1. The molecule has 1 aliphatic rings. The maximum absolute atomic E-state index is 12.8. The van der Waals surface area contributed by atoms with Gasteiger partial charge in [-0.15, -0.1) is 13.2 Å². The number of nitrogens with zero attached hydrogens (tertiary/aromatic N) is 3. The van der Waals surface area contributed by atoms with Gasteiger partial charge in [-0.2, -0.15) is 0 Å². The van der Waals surface area contributed by atoms with Gasteiger partial charge in [-0.25, -0.2) is 4.79 Å². The number of aromatic nitrogens is 1.